The molecule has 0 bridgehead atoms. The summed E-state index contributed by atoms with van der Waals surface area (Å²) in [6.45, 7) is 2.89. The maximum absolute atomic E-state index is 4.83. The van der Waals surface area contributed by atoms with E-state index in [1.54, 1.807) is 0 Å². The smallest absolute Gasteiger partial charge is 0.227 e. The number of likely N-dealkylation sites (N-methyl/N-ethyl adjacent to an activating group) is 1. The summed E-state index contributed by atoms with van der Waals surface area (Å²) < 4.78 is 0. The number of benzene rings is 2. The van der Waals surface area contributed by atoms with E-state index in [0.717, 1.165) is 35.7 Å². The molecular formula is C25H25N5. The standard InChI is InChI=1S/C25H25N5/c1-19-8-10-22(11-9-19)27-24-18-23(21-6-4-3-5-7-21)28-25(29-24)30(2)17-14-20-12-15-26-16-13-20/h3-13,15-16,18H,14,17H2,1-2H3,(H,27,28,29). The van der Waals surface area contributed by atoms with Gasteiger partial charge in [-0.3, -0.25) is 4.98 Å². The second-order valence-electron chi connectivity index (χ2n) is 7.32. The number of nitrogens with zero attached hydrogens (tertiary/aromatic N) is 4. The Morgan fingerprint density at radius 1 is 0.867 bits per heavy atom. The fourth-order valence-corrected chi connectivity index (χ4v) is 3.16. The third-order valence-corrected chi connectivity index (χ3v) is 4.93. The quantitative estimate of drug-likeness (QED) is 0.462. The average molecular weight is 396 g/mol. The summed E-state index contributed by atoms with van der Waals surface area (Å²) in [6.07, 6.45) is 4.55. The molecule has 5 nitrogen and oxygen atoms in total. The molecule has 0 spiro atoms. The van der Waals surface area contributed by atoms with Crippen LogP contribution in [-0.4, -0.2) is 28.5 Å². The predicted octanol–water partition coefficient (Wildman–Crippen LogP) is 5.27. The van der Waals surface area contributed by atoms with Gasteiger partial charge in [-0.15, -0.1) is 0 Å². The van der Waals surface area contributed by atoms with Crippen molar-refractivity contribution in [1.29, 1.82) is 0 Å². The number of aryl methyl sites for hydroxylation is 1. The third kappa shape index (κ3) is 5.00. The minimum absolute atomic E-state index is 0.694. The van der Waals surface area contributed by atoms with Crippen molar-refractivity contribution < 1.29 is 0 Å². The van der Waals surface area contributed by atoms with E-state index in [9.17, 15) is 0 Å². The lowest BCUT2D eigenvalue weighted by atomic mass is 10.1. The number of hydrogen-bond donors (Lipinski definition) is 1. The Morgan fingerprint density at radius 3 is 2.33 bits per heavy atom. The van der Waals surface area contributed by atoms with Crippen molar-refractivity contribution in [3.05, 3.63) is 96.3 Å². The molecule has 2 aromatic heterocycles. The van der Waals surface area contributed by atoms with Crippen molar-refractivity contribution in [1.82, 2.24) is 15.0 Å². The molecule has 30 heavy (non-hydrogen) atoms. The highest BCUT2D eigenvalue weighted by Gasteiger charge is 2.11. The Kier molecular flexibility index (Phi) is 5.99. The lowest BCUT2D eigenvalue weighted by molar-refractivity contribution is 0.838. The first kappa shape index (κ1) is 19.6. The van der Waals surface area contributed by atoms with Gasteiger partial charge in [0.15, 0.2) is 0 Å². The SMILES string of the molecule is Cc1ccc(Nc2cc(-c3ccccc3)nc(N(C)CCc3ccncc3)n2)cc1. The zero-order chi connectivity index (χ0) is 20.8. The Labute approximate surface area is 177 Å². The largest absolute Gasteiger partial charge is 0.343 e. The molecule has 0 amide bonds. The minimum Gasteiger partial charge on any atom is -0.343 e. The molecular weight excluding hydrogens is 370 g/mol. The Morgan fingerprint density at radius 2 is 1.60 bits per heavy atom. The molecule has 0 fully saturated rings. The average Bonchev–Trinajstić information content (AvgIpc) is 2.80. The summed E-state index contributed by atoms with van der Waals surface area (Å²) in [5.74, 6) is 1.47. The number of rotatable bonds is 7. The summed E-state index contributed by atoms with van der Waals surface area (Å²) in [6, 6.07) is 24.6. The zero-order valence-corrected chi connectivity index (χ0v) is 17.3. The molecule has 0 aliphatic carbocycles. The van der Waals surface area contributed by atoms with Gasteiger partial charge in [0.1, 0.15) is 5.82 Å². The van der Waals surface area contributed by atoms with Crippen LogP contribution < -0.4 is 10.2 Å². The fourth-order valence-electron chi connectivity index (χ4n) is 3.16. The molecule has 5 heteroatoms. The van der Waals surface area contributed by atoms with Gasteiger partial charge in [0.2, 0.25) is 5.95 Å². The van der Waals surface area contributed by atoms with Gasteiger partial charge in [-0.1, -0.05) is 48.0 Å². The summed E-state index contributed by atoms with van der Waals surface area (Å²) in [7, 11) is 2.03. The Bertz CT molecular complexity index is 1080. The first-order valence-electron chi connectivity index (χ1n) is 10.1. The highest BCUT2D eigenvalue weighted by molar-refractivity contribution is 5.67. The summed E-state index contributed by atoms with van der Waals surface area (Å²) in [5, 5.41) is 3.42. The van der Waals surface area contributed by atoms with Crippen LogP contribution in [0.2, 0.25) is 0 Å². The highest BCUT2D eigenvalue weighted by atomic mass is 15.2. The second-order valence-corrected chi connectivity index (χ2v) is 7.32. The van der Waals surface area contributed by atoms with Crippen molar-refractivity contribution >= 4 is 17.5 Å². The maximum atomic E-state index is 4.83. The molecule has 2 heterocycles. The maximum Gasteiger partial charge on any atom is 0.227 e. The summed E-state index contributed by atoms with van der Waals surface area (Å²) in [4.78, 5) is 15.8. The Balaban J connectivity index is 1.61. The van der Waals surface area contributed by atoms with Crippen LogP contribution in [0.4, 0.5) is 17.5 Å². The predicted molar refractivity (Wildman–Crippen MR) is 123 cm³/mol. The number of nitrogens with one attached hydrogen (secondary N) is 1. The lowest BCUT2D eigenvalue weighted by Gasteiger charge is -2.19. The van der Waals surface area contributed by atoms with Gasteiger partial charge in [0, 0.05) is 43.3 Å². The normalized spacial score (nSPS) is 10.6. The van der Waals surface area contributed by atoms with E-state index in [2.05, 4.69) is 58.5 Å². The van der Waals surface area contributed by atoms with Crippen LogP contribution in [0.25, 0.3) is 11.3 Å². The molecule has 0 radical (unpaired) electrons. The van der Waals surface area contributed by atoms with E-state index in [1.165, 1.54) is 11.1 Å². The van der Waals surface area contributed by atoms with E-state index >= 15 is 0 Å². The van der Waals surface area contributed by atoms with Gasteiger partial charge < -0.3 is 10.2 Å². The molecule has 2 aromatic carbocycles. The van der Waals surface area contributed by atoms with Crippen LogP contribution >= 0.6 is 0 Å². The van der Waals surface area contributed by atoms with Gasteiger partial charge in [0.25, 0.3) is 0 Å². The van der Waals surface area contributed by atoms with E-state index in [4.69, 9.17) is 9.97 Å². The summed E-state index contributed by atoms with van der Waals surface area (Å²) in [5.41, 5.74) is 5.43. The number of hydrogen-bond acceptors (Lipinski definition) is 5. The van der Waals surface area contributed by atoms with Crippen LogP contribution in [-0.2, 0) is 6.42 Å². The number of anilines is 3. The number of pyridine rings is 1. The molecule has 0 aliphatic heterocycles. The van der Waals surface area contributed by atoms with Gasteiger partial charge >= 0.3 is 0 Å². The van der Waals surface area contributed by atoms with Crippen LogP contribution in [0.5, 0.6) is 0 Å². The molecule has 0 saturated heterocycles. The second kappa shape index (κ2) is 9.18. The highest BCUT2D eigenvalue weighted by Crippen LogP contribution is 2.25. The van der Waals surface area contributed by atoms with Crippen molar-refractivity contribution in [3.8, 4) is 11.3 Å². The summed E-state index contributed by atoms with van der Waals surface area (Å²) >= 11 is 0. The molecule has 1 N–H and O–H groups in total. The Hall–Kier alpha value is -3.73. The van der Waals surface area contributed by atoms with Crippen LogP contribution in [0.15, 0.2) is 85.2 Å². The van der Waals surface area contributed by atoms with E-state index in [-0.39, 0.29) is 0 Å². The van der Waals surface area contributed by atoms with Crippen LogP contribution in [0, 0.1) is 6.92 Å². The van der Waals surface area contributed by atoms with Crippen molar-refractivity contribution in [2.24, 2.45) is 0 Å². The van der Waals surface area contributed by atoms with Gasteiger partial charge in [-0.05, 0) is 43.2 Å². The molecule has 4 rings (SSSR count). The van der Waals surface area contributed by atoms with Crippen LogP contribution in [0.3, 0.4) is 0 Å². The molecule has 0 atom stereocenters. The lowest BCUT2D eigenvalue weighted by Crippen LogP contribution is -2.23. The topological polar surface area (TPSA) is 53.9 Å². The fraction of sp³-hybridized carbons (Fsp3) is 0.160. The van der Waals surface area contributed by atoms with Gasteiger partial charge in [-0.2, -0.15) is 4.98 Å². The van der Waals surface area contributed by atoms with E-state index < -0.39 is 0 Å². The van der Waals surface area contributed by atoms with Crippen LogP contribution in [0.1, 0.15) is 11.1 Å². The molecule has 0 unspecified atom stereocenters. The van der Waals surface area contributed by atoms with Crippen molar-refractivity contribution in [2.75, 3.05) is 23.8 Å². The first-order chi connectivity index (χ1) is 14.7. The molecule has 4 aromatic rings. The van der Waals surface area contributed by atoms with Crippen molar-refractivity contribution in [2.45, 2.75) is 13.3 Å². The minimum atomic E-state index is 0.694. The van der Waals surface area contributed by atoms with Gasteiger partial charge in [-0.25, -0.2) is 4.98 Å². The molecule has 150 valence electrons. The first-order valence-corrected chi connectivity index (χ1v) is 10.1. The van der Waals surface area contributed by atoms with E-state index in [1.807, 2.05) is 55.8 Å². The molecule has 0 aliphatic rings. The van der Waals surface area contributed by atoms with Crippen molar-refractivity contribution in [3.63, 3.8) is 0 Å². The monoisotopic (exact) mass is 395 g/mol. The zero-order valence-electron chi connectivity index (χ0n) is 17.3. The van der Waals surface area contributed by atoms with Gasteiger partial charge in [0.05, 0.1) is 5.69 Å². The number of aromatic nitrogens is 3. The van der Waals surface area contributed by atoms with E-state index in [0.29, 0.717) is 5.95 Å². The third-order valence-electron chi connectivity index (χ3n) is 4.93. The molecule has 0 saturated carbocycles.